The van der Waals surface area contributed by atoms with Crippen molar-refractivity contribution in [3.63, 3.8) is 0 Å². The van der Waals surface area contributed by atoms with Crippen molar-refractivity contribution in [2.45, 2.75) is 34.1 Å². The van der Waals surface area contributed by atoms with Crippen LogP contribution in [0.2, 0.25) is 0 Å². The fourth-order valence-corrected chi connectivity index (χ4v) is 2.82. The van der Waals surface area contributed by atoms with Crippen LogP contribution >= 0.6 is 0 Å². The fourth-order valence-electron chi connectivity index (χ4n) is 2.82. The van der Waals surface area contributed by atoms with Crippen LogP contribution < -0.4 is 0 Å². The van der Waals surface area contributed by atoms with Gasteiger partial charge in [-0.15, -0.1) is 0 Å². The monoisotopic (exact) mass is 223 g/mol. The molecule has 0 spiro atoms. The van der Waals surface area contributed by atoms with Crippen LogP contribution in [0.4, 0.5) is 0 Å². The molecule has 86 valence electrons. The third-order valence-corrected chi connectivity index (χ3v) is 3.98. The maximum Gasteiger partial charge on any atom is 0.0526 e. The Labute approximate surface area is 103 Å². The van der Waals surface area contributed by atoms with E-state index in [1.807, 2.05) is 6.20 Å². The number of pyridine rings is 1. The molecule has 2 aromatic rings. The van der Waals surface area contributed by atoms with Crippen molar-refractivity contribution in [3.8, 4) is 11.1 Å². The van der Waals surface area contributed by atoms with Crippen molar-refractivity contribution >= 4 is 0 Å². The Morgan fingerprint density at radius 1 is 1.00 bits per heavy atom. The van der Waals surface area contributed by atoms with Gasteiger partial charge in [-0.3, -0.25) is 4.98 Å². The maximum atomic E-state index is 4.57. The molecule has 0 saturated carbocycles. The predicted octanol–water partition coefficient (Wildman–Crippen LogP) is 3.89. The Hall–Kier alpha value is -1.63. The lowest BCUT2D eigenvalue weighted by Crippen LogP contribution is -1.92. The minimum absolute atomic E-state index is 0.993. The summed E-state index contributed by atoms with van der Waals surface area (Å²) in [4.78, 5) is 4.57. The van der Waals surface area contributed by atoms with Crippen LogP contribution in [0.1, 0.15) is 33.5 Å². The van der Waals surface area contributed by atoms with Crippen LogP contribution in [0, 0.1) is 27.7 Å². The van der Waals surface area contributed by atoms with Crippen LogP contribution in [-0.4, -0.2) is 4.98 Å². The molecule has 3 rings (SSSR count). The second kappa shape index (κ2) is 3.43. The molecule has 1 aromatic heterocycles. The number of rotatable bonds is 0. The third-order valence-electron chi connectivity index (χ3n) is 3.98. The highest BCUT2D eigenvalue weighted by Gasteiger charge is 2.22. The number of aryl methyl sites for hydroxylation is 2. The Balaban J connectivity index is 2.35. The minimum atomic E-state index is 0.993. The van der Waals surface area contributed by atoms with E-state index in [-0.39, 0.29) is 0 Å². The zero-order valence-electron chi connectivity index (χ0n) is 10.9. The number of hydrogen-bond donors (Lipinski definition) is 0. The Kier molecular flexibility index (Phi) is 2.12. The quantitative estimate of drug-likeness (QED) is 0.563. The molecule has 0 aliphatic heterocycles. The summed E-state index contributed by atoms with van der Waals surface area (Å²) >= 11 is 0. The topological polar surface area (TPSA) is 12.9 Å². The van der Waals surface area contributed by atoms with Crippen molar-refractivity contribution in [1.82, 2.24) is 4.98 Å². The zero-order chi connectivity index (χ0) is 12.2. The van der Waals surface area contributed by atoms with Crippen LogP contribution in [-0.2, 0) is 6.42 Å². The first-order valence-electron chi connectivity index (χ1n) is 6.13. The summed E-state index contributed by atoms with van der Waals surface area (Å²) < 4.78 is 0. The Morgan fingerprint density at radius 3 is 2.53 bits per heavy atom. The molecule has 17 heavy (non-hydrogen) atoms. The van der Waals surface area contributed by atoms with Gasteiger partial charge in [0, 0.05) is 18.2 Å². The van der Waals surface area contributed by atoms with Gasteiger partial charge >= 0.3 is 0 Å². The molecule has 1 aliphatic carbocycles. The van der Waals surface area contributed by atoms with Crippen molar-refractivity contribution in [1.29, 1.82) is 0 Å². The third kappa shape index (κ3) is 1.42. The van der Waals surface area contributed by atoms with Crippen LogP contribution in [0.5, 0.6) is 0 Å². The highest BCUT2D eigenvalue weighted by molar-refractivity contribution is 5.80. The first kappa shape index (κ1) is 10.5. The Morgan fingerprint density at radius 2 is 1.76 bits per heavy atom. The molecule has 0 atom stereocenters. The van der Waals surface area contributed by atoms with Gasteiger partial charge in [0.1, 0.15) is 0 Å². The van der Waals surface area contributed by atoms with Gasteiger partial charge < -0.3 is 0 Å². The van der Waals surface area contributed by atoms with Gasteiger partial charge in [-0.25, -0.2) is 0 Å². The summed E-state index contributed by atoms with van der Waals surface area (Å²) in [5, 5.41) is 0. The van der Waals surface area contributed by atoms with Gasteiger partial charge in [0.05, 0.1) is 5.69 Å². The lowest BCUT2D eigenvalue weighted by molar-refractivity contribution is 1.10. The molecule has 0 amide bonds. The summed E-state index contributed by atoms with van der Waals surface area (Å²) in [6, 6.07) is 4.60. The van der Waals surface area contributed by atoms with Gasteiger partial charge in [-0.05, 0) is 67.1 Å². The molecule has 0 saturated heterocycles. The molecular weight excluding hydrogens is 206 g/mol. The zero-order valence-corrected chi connectivity index (χ0v) is 10.9. The number of hydrogen-bond acceptors (Lipinski definition) is 1. The lowest BCUT2D eigenvalue weighted by Gasteiger charge is -2.11. The Bertz CT molecular complexity index is 624. The summed E-state index contributed by atoms with van der Waals surface area (Å²) in [6.07, 6.45) is 2.96. The van der Waals surface area contributed by atoms with Gasteiger partial charge in [0.2, 0.25) is 0 Å². The van der Waals surface area contributed by atoms with Crippen molar-refractivity contribution in [2.75, 3.05) is 0 Å². The SMILES string of the molecule is Cc1cnc2c(c1)-c1c(cc(C)c(C)c1C)C2. The van der Waals surface area contributed by atoms with E-state index >= 15 is 0 Å². The molecular formula is C16H17N. The van der Waals surface area contributed by atoms with Crippen molar-refractivity contribution in [2.24, 2.45) is 0 Å². The molecule has 0 unspecified atom stereocenters. The number of benzene rings is 1. The van der Waals surface area contributed by atoms with Gasteiger partial charge in [-0.2, -0.15) is 0 Å². The smallest absolute Gasteiger partial charge is 0.0526 e. The van der Waals surface area contributed by atoms with E-state index < -0.39 is 0 Å². The number of nitrogens with zero attached hydrogens (tertiary/aromatic N) is 1. The molecule has 0 radical (unpaired) electrons. The first-order chi connectivity index (χ1) is 8.08. The minimum Gasteiger partial charge on any atom is -0.260 e. The summed E-state index contributed by atoms with van der Waals surface area (Å²) in [6.45, 7) is 8.76. The number of fused-ring (bicyclic) bond motifs is 3. The summed E-state index contributed by atoms with van der Waals surface area (Å²) in [5.41, 5.74) is 10.9. The largest absolute Gasteiger partial charge is 0.260 e. The highest BCUT2D eigenvalue weighted by atomic mass is 14.7. The van der Waals surface area contributed by atoms with E-state index in [4.69, 9.17) is 0 Å². The van der Waals surface area contributed by atoms with Crippen LogP contribution in [0.15, 0.2) is 18.3 Å². The van der Waals surface area contributed by atoms with Crippen LogP contribution in [0.25, 0.3) is 11.1 Å². The molecule has 1 aliphatic rings. The average Bonchev–Trinajstić information content (AvgIpc) is 2.63. The standard InChI is InChI=1S/C16H17N/c1-9-5-14-15(17-8-9)7-13-6-10(2)11(3)12(4)16(13)14/h5-6,8H,7H2,1-4H3. The number of aromatic nitrogens is 1. The maximum absolute atomic E-state index is 4.57. The second-order valence-electron chi connectivity index (χ2n) is 5.16. The molecule has 0 bridgehead atoms. The second-order valence-corrected chi connectivity index (χ2v) is 5.16. The summed E-state index contributed by atoms with van der Waals surface area (Å²) in [5.74, 6) is 0. The fraction of sp³-hybridized carbons (Fsp3) is 0.312. The molecule has 0 N–H and O–H groups in total. The predicted molar refractivity (Wildman–Crippen MR) is 71.4 cm³/mol. The first-order valence-corrected chi connectivity index (χ1v) is 6.13. The van der Waals surface area contributed by atoms with E-state index in [0.29, 0.717) is 0 Å². The van der Waals surface area contributed by atoms with E-state index in [1.54, 1.807) is 0 Å². The van der Waals surface area contributed by atoms with Crippen LogP contribution in [0.3, 0.4) is 0 Å². The molecule has 1 nitrogen and oxygen atoms in total. The van der Waals surface area contributed by atoms with Gasteiger partial charge in [-0.1, -0.05) is 6.07 Å². The van der Waals surface area contributed by atoms with E-state index in [1.165, 1.54) is 44.6 Å². The molecule has 1 heteroatoms. The van der Waals surface area contributed by atoms with E-state index in [0.717, 1.165) is 6.42 Å². The van der Waals surface area contributed by atoms with E-state index in [9.17, 15) is 0 Å². The van der Waals surface area contributed by atoms with Crippen molar-refractivity contribution < 1.29 is 0 Å². The van der Waals surface area contributed by atoms with Crippen molar-refractivity contribution in [3.05, 3.63) is 51.8 Å². The molecule has 1 aromatic carbocycles. The van der Waals surface area contributed by atoms with E-state index in [2.05, 4.69) is 44.8 Å². The lowest BCUT2D eigenvalue weighted by atomic mass is 9.93. The average molecular weight is 223 g/mol. The normalized spacial score (nSPS) is 12.5. The van der Waals surface area contributed by atoms with Gasteiger partial charge in [0.15, 0.2) is 0 Å². The highest BCUT2D eigenvalue weighted by Crippen LogP contribution is 2.40. The van der Waals surface area contributed by atoms with Gasteiger partial charge in [0.25, 0.3) is 0 Å². The molecule has 0 fully saturated rings. The molecule has 1 heterocycles. The summed E-state index contributed by atoms with van der Waals surface area (Å²) in [7, 11) is 0.